The molecule has 0 atom stereocenters. The van der Waals surface area contributed by atoms with E-state index in [0.29, 0.717) is 6.04 Å². The van der Waals surface area contributed by atoms with Crippen LogP contribution in [0.2, 0.25) is 0 Å². The van der Waals surface area contributed by atoms with Gasteiger partial charge >= 0.3 is 0 Å². The highest BCUT2D eigenvalue weighted by Gasteiger charge is 2.20. The first-order valence-electron chi connectivity index (χ1n) is 6.71. The molecule has 0 spiro atoms. The van der Waals surface area contributed by atoms with Gasteiger partial charge in [0.25, 0.3) is 0 Å². The molecule has 1 fully saturated rings. The molecular formula is C16H17FN2. The van der Waals surface area contributed by atoms with Crippen LogP contribution in [-0.4, -0.2) is 11.0 Å². The standard InChI is InChI=1S/C16H17FN2/c17-15-2-1-13(11-19-16-3-4-16)14(10-15)9-12-5-7-18-8-6-12/h1-2,5-8,10,16,19H,3-4,9,11H2. The third-order valence-electron chi connectivity index (χ3n) is 3.47. The van der Waals surface area contributed by atoms with E-state index >= 15 is 0 Å². The maximum absolute atomic E-state index is 13.4. The van der Waals surface area contributed by atoms with Gasteiger partial charge in [0.15, 0.2) is 0 Å². The Labute approximate surface area is 112 Å². The molecule has 0 aliphatic heterocycles. The van der Waals surface area contributed by atoms with Crippen LogP contribution in [0.5, 0.6) is 0 Å². The molecule has 0 unspecified atom stereocenters. The minimum absolute atomic E-state index is 0.167. The number of rotatable bonds is 5. The van der Waals surface area contributed by atoms with Gasteiger partial charge in [0.1, 0.15) is 5.82 Å². The molecule has 0 radical (unpaired) electrons. The van der Waals surface area contributed by atoms with Gasteiger partial charge in [-0.2, -0.15) is 0 Å². The van der Waals surface area contributed by atoms with Gasteiger partial charge in [-0.3, -0.25) is 4.98 Å². The Morgan fingerprint density at radius 3 is 2.63 bits per heavy atom. The second-order valence-corrected chi connectivity index (χ2v) is 5.10. The normalized spacial score (nSPS) is 14.6. The smallest absolute Gasteiger partial charge is 0.123 e. The molecule has 1 aromatic carbocycles. The first kappa shape index (κ1) is 12.3. The highest BCUT2D eigenvalue weighted by Crippen LogP contribution is 2.21. The summed E-state index contributed by atoms with van der Waals surface area (Å²) in [7, 11) is 0. The molecule has 0 bridgehead atoms. The quantitative estimate of drug-likeness (QED) is 0.889. The second kappa shape index (κ2) is 5.49. The first-order valence-corrected chi connectivity index (χ1v) is 6.71. The predicted octanol–water partition coefficient (Wildman–Crippen LogP) is 3.06. The molecule has 19 heavy (non-hydrogen) atoms. The van der Waals surface area contributed by atoms with Gasteiger partial charge in [-0.25, -0.2) is 4.39 Å². The zero-order valence-electron chi connectivity index (χ0n) is 10.8. The molecule has 1 N–H and O–H groups in total. The Hall–Kier alpha value is -1.74. The maximum atomic E-state index is 13.4. The Morgan fingerprint density at radius 1 is 1.11 bits per heavy atom. The lowest BCUT2D eigenvalue weighted by atomic mass is 10.00. The summed E-state index contributed by atoms with van der Waals surface area (Å²) in [5, 5.41) is 3.48. The number of hydrogen-bond acceptors (Lipinski definition) is 2. The number of nitrogens with zero attached hydrogens (tertiary/aromatic N) is 1. The summed E-state index contributed by atoms with van der Waals surface area (Å²) in [6.07, 6.45) is 6.83. The number of hydrogen-bond donors (Lipinski definition) is 1. The van der Waals surface area contributed by atoms with Gasteiger partial charge in [-0.15, -0.1) is 0 Å². The van der Waals surface area contributed by atoms with Crippen molar-refractivity contribution in [2.24, 2.45) is 0 Å². The molecule has 1 heterocycles. The highest BCUT2D eigenvalue weighted by molar-refractivity contribution is 5.32. The molecule has 0 amide bonds. The van der Waals surface area contributed by atoms with Crippen molar-refractivity contribution in [3.63, 3.8) is 0 Å². The van der Waals surface area contributed by atoms with Crippen molar-refractivity contribution >= 4 is 0 Å². The van der Waals surface area contributed by atoms with E-state index in [-0.39, 0.29) is 5.82 Å². The Morgan fingerprint density at radius 2 is 1.89 bits per heavy atom. The topological polar surface area (TPSA) is 24.9 Å². The second-order valence-electron chi connectivity index (χ2n) is 5.10. The number of nitrogens with one attached hydrogen (secondary N) is 1. The van der Waals surface area contributed by atoms with Crippen molar-refractivity contribution in [1.29, 1.82) is 0 Å². The summed E-state index contributed by atoms with van der Waals surface area (Å²) in [6, 6.07) is 9.69. The van der Waals surface area contributed by atoms with Crippen LogP contribution in [0, 0.1) is 5.82 Å². The van der Waals surface area contributed by atoms with E-state index < -0.39 is 0 Å². The predicted molar refractivity (Wildman–Crippen MR) is 73.3 cm³/mol. The summed E-state index contributed by atoms with van der Waals surface area (Å²) in [5.41, 5.74) is 3.40. The first-order chi connectivity index (χ1) is 9.31. The molecule has 1 aromatic heterocycles. The van der Waals surface area contributed by atoms with Crippen molar-refractivity contribution in [2.45, 2.75) is 31.8 Å². The summed E-state index contributed by atoms with van der Waals surface area (Å²) in [4.78, 5) is 4.01. The molecule has 1 aliphatic rings. The van der Waals surface area contributed by atoms with E-state index in [2.05, 4.69) is 10.3 Å². The monoisotopic (exact) mass is 256 g/mol. The molecule has 1 aliphatic carbocycles. The van der Waals surface area contributed by atoms with Crippen molar-refractivity contribution in [2.75, 3.05) is 0 Å². The Bertz CT molecular complexity index is 550. The Balaban J connectivity index is 1.78. The fourth-order valence-corrected chi connectivity index (χ4v) is 2.19. The fourth-order valence-electron chi connectivity index (χ4n) is 2.19. The van der Waals surface area contributed by atoms with E-state index in [1.807, 2.05) is 18.2 Å². The fraction of sp³-hybridized carbons (Fsp3) is 0.312. The Kier molecular flexibility index (Phi) is 3.56. The molecule has 2 nitrogen and oxygen atoms in total. The average Bonchev–Trinajstić information content (AvgIpc) is 3.23. The SMILES string of the molecule is Fc1ccc(CNC2CC2)c(Cc2ccncc2)c1. The van der Waals surface area contributed by atoms with E-state index in [1.54, 1.807) is 24.5 Å². The van der Waals surface area contributed by atoms with E-state index in [1.165, 1.54) is 18.4 Å². The number of halogens is 1. The lowest BCUT2D eigenvalue weighted by Gasteiger charge is -2.11. The third kappa shape index (κ3) is 3.38. The van der Waals surface area contributed by atoms with Gasteiger partial charge in [0, 0.05) is 25.0 Å². The van der Waals surface area contributed by atoms with Crippen LogP contribution in [0.4, 0.5) is 4.39 Å². The van der Waals surface area contributed by atoms with E-state index in [0.717, 1.165) is 24.1 Å². The molecule has 98 valence electrons. The van der Waals surface area contributed by atoms with Crippen LogP contribution in [0.15, 0.2) is 42.7 Å². The van der Waals surface area contributed by atoms with Crippen molar-refractivity contribution in [3.8, 4) is 0 Å². The minimum Gasteiger partial charge on any atom is -0.310 e. The van der Waals surface area contributed by atoms with Gasteiger partial charge in [-0.1, -0.05) is 6.07 Å². The van der Waals surface area contributed by atoms with Crippen LogP contribution in [0.3, 0.4) is 0 Å². The number of aromatic nitrogens is 1. The lowest BCUT2D eigenvalue weighted by molar-refractivity contribution is 0.621. The van der Waals surface area contributed by atoms with Crippen LogP contribution in [0.1, 0.15) is 29.5 Å². The molecule has 3 heteroatoms. The lowest BCUT2D eigenvalue weighted by Crippen LogP contribution is -2.16. The van der Waals surface area contributed by atoms with Gasteiger partial charge in [-0.05, 0) is 60.2 Å². The van der Waals surface area contributed by atoms with Crippen LogP contribution < -0.4 is 5.32 Å². The number of benzene rings is 1. The number of pyridine rings is 1. The van der Waals surface area contributed by atoms with Crippen LogP contribution in [-0.2, 0) is 13.0 Å². The van der Waals surface area contributed by atoms with Crippen molar-refractivity contribution in [1.82, 2.24) is 10.3 Å². The molecule has 0 saturated heterocycles. The van der Waals surface area contributed by atoms with Gasteiger partial charge in [0.2, 0.25) is 0 Å². The maximum Gasteiger partial charge on any atom is 0.123 e. The molecular weight excluding hydrogens is 239 g/mol. The summed E-state index contributed by atoms with van der Waals surface area (Å²) < 4.78 is 13.4. The van der Waals surface area contributed by atoms with Gasteiger partial charge < -0.3 is 5.32 Å². The summed E-state index contributed by atoms with van der Waals surface area (Å²) in [6.45, 7) is 0.825. The third-order valence-corrected chi connectivity index (χ3v) is 3.47. The van der Waals surface area contributed by atoms with Crippen molar-refractivity contribution < 1.29 is 4.39 Å². The zero-order chi connectivity index (χ0) is 13.1. The zero-order valence-corrected chi connectivity index (χ0v) is 10.8. The average molecular weight is 256 g/mol. The highest BCUT2D eigenvalue weighted by atomic mass is 19.1. The van der Waals surface area contributed by atoms with Crippen LogP contribution in [0.25, 0.3) is 0 Å². The minimum atomic E-state index is -0.167. The van der Waals surface area contributed by atoms with E-state index in [4.69, 9.17) is 0 Å². The largest absolute Gasteiger partial charge is 0.310 e. The van der Waals surface area contributed by atoms with Crippen LogP contribution >= 0.6 is 0 Å². The van der Waals surface area contributed by atoms with E-state index in [9.17, 15) is 4.39 Å². The molecule has 1 saturated carbocycles. The molecule has 3 rings (SSSR count). The summed E-state index contributed by atoms with van der Waals surface area (Å²) in [5.74, 6) is -0.167. The van der Waals surface area contributed by atoms with Gasteiger partial charge in [0.05, 0.1) is 0 Å². The molecule has 2 aromatic rings. The van der Waals surface area contributed by atoms with Crippen molar-refractivity contribution in [3.05, 3.63) is 65.2 Å². The summed E-state index contributed by atoms with van der Waals surface area (Å²) >= 11 is 0.